The highest BCUT2D eigenvalue weighted by Crippen LogP contribution is 2.29. The number of benzene rings is 1. The number of rotatable bonds is 8. The molecule has 0 atom stereocenters. The van der Waals surface area contributed by atoms with Crippen molar-refractivity contribution in [1.29, 1.82) is 0 Å². The Balaban J connectivity index is 2.01. The van der Waals surface area contributed by atoms with Gasteiger partial charge in [-0.05, 0) is 37.3 Å². The molecular weight excluding hydrogens is 431 g/mol. The maximum absolute atomic E-state index is 13.3. The van der Waals surface area contributed by atoms with Gasteiger partial charge in [0.2, 0.25) is 0 Å². The van der Waals surface area contributed by atoms with Gasteiger partial charge in [0.25, 0.3) is 0 Å². The average Bonchev–Trinajstić information content (AvgIpc) is 2.72. The largest absolute Gasteiger partial charge is 0.465 e. The van der Waals surface area contributed by atoms with Gasteiger partial charge in [-0.25, -0.2) is 9.59 Å². The number of carbonyl (C=O) groups is 2. The second-order valence-electron chi connectivity index (χ2n) is 7.54. The van der Waals surface area contributed by atoms with Crippen molar-refractivity contribution in [3.05, 3.63) is 34.4 Å². The monoisotopic (exact) mass is 456 g/mol. The minimum absolute atomic E-state index is 0.126. The molecule has 1 aromatic carbocycles. The number of hydrogen-bond acceptors (Lipinski definition) is 6. The van der Waals surface area contributed by atoms with Gasteiger partial charge >= 0.3 is 27.3 Å². The number of alkyl halides is 2. The van der Waals surface area contributed by atoms with Gasteiger partial charge in [-0.2, -0.15) is 17.2 Å². The molecule has 0 amide bonds. The molecule has 7 nitrogen and oxygen atoms in total. The molecule has 1 saturated carbocycles. The predicted octanol–water partition coefficient (Wildman–Crippen LogP) is -0.422. The molecule has 0 bridgehead atoms. The summed E-state index contributed by atoms with van der Waals surface area (Å²) >= 11 is 0. The molecule has 1 aliphatic rings. The highest BCUT2D eigenvalue weighted by molar-refractivity contribution is 7.87. The number of carbonyl (C=O) groups excluding carboxylic acids is 2. The van der Waals surface area contributed by atoms with Gasteiger partial charge in [-0.15, -0.1) is 0 Å². The van der Waals surface area contributed by atoms with Crippen LogP contribution < -0.4 is 0 Å². The number of ether oxygens (including phenoxy) is 2. The fraction of sp³-hybridized carbons (Fsp3) is 0.556. The summed E-state index contributed by atoms with van der Waals surface area (Å²) in [6.07, 6.45) is 1.64. The van der Waals surface area contributed by atoms with Crippen LogP contribution in [0.15, 0.2) is 12.1 Å². The molecule has 1 aromatic rings. The van der Waals surface area contributed by atoms with E-state index in [-0.39, 0.29) is 25.7 Å². The zero-order valence-electron chi connectivity index (χ0n) is 17.8. The molecule has 0 heterocycles. The number of esters is 2. The molecule has 1 N–H and O–H groups in total. The molecule has 13 heteroatoms. The lowest BCUT2D eigenvalue weighted by Gasteiger charge is -2.29. The average molecular weight is 456 g/mol. The molecule has 0 aliphatic heterocycles. The predicted molar refractivity (Wildman–Crippen MR) is 117 cm³/mol. The Morgan fingerprint density at radius 1 is 1.00 bits per heavy atom. The van der Waals surface area contributed by atoms with Crippen molar-refractivity contribution in [3.63, 3.8) is 0 Å². The first-order chi connectivity index (χ1) is 14.4. The van der Waals surface area contributed by atoms with Gasteiger partial charge in [-0.1, -0.05) is 36.2 Å². The van der Waals surface area contributed by atoms with Gasteiger partial charge in [-0.3, -0.25) is 4.55 Å². The third-order valence-electron chi connectivity index (χ3n) is 5.49. The highest BCUT2D eigenvalue weighted by atomic mass is 32.2. The lowest BCUT2D eigenvalue weighted by molar-refractivity contribution is -0.169. The van der Waals surface area contributed by atoms with Crippen LogP contribution >= 0.6 is 0 Å². The molecule has 168 valence electrons. The fourth-order valence-electron chi connectivity index (χ4n) is 3.73. The topological polar surface area (TPSA) is 107 Å². The summed E-state index contributed by atoms with van der Waals surface area (Å²) in [4.78, 5) is 24.2. The van der Waals surface area contributed by atoms with Crippen LogP contribution in [-0.2, 0) is 43.3 Å². The van der Waals surface area contributed by atoms with Gasteiger partial charge in [0.15, 0.2) is 0 Å². The third kappa shape index (κ3) is 5.88. The summed E-state index contributed by atoms with van der Waals surface area (Å²) in [5.41, 5.74) is 3.61. The SMILES string of the molecule is BCc1cc(CB)c(CB)c(C(=O)OC2CCC(OC(=O)C(F)(F)S(=O)(=O)O)CC2)c1. The van der Waals surface area contributed by atoms with Crippen molar-refractivity contribution in [2.24, 2.45) is 0 Å². The molecule has 1 aliphatic carbocycles. The second kappa shape index (κ2) is 10.2. The molecule has 0 saturated heterocycles. The highest BCUT2D eigenvalue weighted by Gasteiger charge is 2.54. The van der Waals surface area contributed by atoms with Crippen molar-refractivity contribution in [2.45, 2.75) is 62.1 Å². The molecule has 0 spiro atoms. The molecule has 0 unspecified atom stereocenters. The maximum atomic E-state index is 13.3. The summed E-state index contributed by atoms with van der Waals surface area (Å²) in [6.45, 7) is 0. The molecule has 0 aromatic heterocycles. The van der Waals surface area contributed by atoms with E-state index >= 15 is 0 Å². The first-order valence-electron chi connectivity index (χ1n) is 10.4. The Kier molecular flexibility index (Phi) is 8.32. The van der Waals surface area contributed by atoms with Gasteiger partial charge in [0.05, 0.1) is 5.56 Å². The van der Waals surface area contributed by atoms with E-state index < -0.39 is 39.5 Å². The Morgan fingerprint density at radius 3 is 2.00 bits per heavy atom. The van der Waals surface area contributed by atoms with Crippen molar-refractivity contribution in [3.8, 4) is 0 Å². The maximum Gasteiger partial charge on any atom is 0.465 e. The van der Waals surface area contributed by atoms with E-state index in [9.17, 15) is 26.8 Å². The lowest BCUT2D eigenvalue weighted by Crippen LogP contribution is -2.41. The van der Waals surface area contributed by atoms with E-state index in [1.165, 1.54) is 0 Å². The summed E-state index contributed by atoms with van der Waals surface area (Å²) < 4.78 is 66.6. The van der Waals surface area contributed by atoms with E-state index in [0.717, 1.165) is 29.3 Å². The lowest BCUT2D eigenvalue weighted by atomic mass is 9.81. The van der Waals surface area contributed by atoms with Gasteiger partial charge in [0.1, 0.15) is 35.7 Å². The van der Waals surface area contributed by atoms with Crippen LogP contribution in [0.25, 0.3) is 0 Å². The first kappa shape index (κ1) is 25.4. The van der Waals surface area contributed by atoms with Crippen LogP contribution in [0.2, 0.25) is 0 Å². The number of halogens is 2. The van der Waals surface area contributed by atoms with Crippen molar-refractivity contribution in [2.75, 3.05) is 0 Å². The van der Waals surface area contributed by atoms with Crippen LogP contribution in [-0.4, -0.2) is 65.9 Å². The Labute approximate surface area is 183 Å². The quantitative estimate of drug-likeness (QED) is 0.322. The van der Waals surface area contributed by atoms with E-state index in [2.05, 4.69) is 10.8 Å². The van der Waals surface area contributed by atoms with E-state index in [4.69, 9.17) is 9.29 Å². The van der Waals surface area contributed by atoms with Crippen molar-refractivity contribution < 1.29 is 40.8 Å². The molecule has 31 heavy (non-hydrogen) atoms. The normalized spacial score (nSPS) is 19.6. The molecule has 0 radical (unpaired) electrons. The zero-order chi connectivity index (χ0) is 23.4. The van der Waals surface area contributed by atoms with Crippen LogP contribution in [0, 0.1) is 0 Å². The van der Waals surface area contributed by atoms with Crippen molar-refractivity contribution in [1.82, 2.24) is 0 Å². The molecular formula is C18H25B3F2O7S. The Bertz CT molecular complexity index is 932. The third-order valence-corrected chi connectivity index (χ3v) is 6.31. The first-order valence-corrected chi connectivity index (χ1v) is 11.8. The summed E-state index contributed by atoms with van der Waals surface area (Å²) in [7, 11) is 0.0944. The second-order valence-corrected chi connectivity index (χ2v) is 9.01. The summed E-state index contributed by atoms with van der Waals surface area (Å²) in [6, 6.07) is 3.93. The number of hydrogen-bond donors (Lipinski definition) is 1. The van der Waals surface area contributed by atoms with Crippen molar-refractivity contribution >= 4 is 45.6 Å². The van der Waals surface area contributed by atoms with E-state index in [1.54, 1.807) is 0 Å². The van der Waals surface area contributed by atoms with Gasteiger partial charge in [0, 0.05) is 0 Å². The Morgan fingerprint density at radius 2 is 1.55 bits per heavy atom. The smallest absolute Gasteiger partial charge is 0.459 e. The van der Waals surface area contributed by atoms with Gasteiger partial charge < -0.3 is 9.47 Å². The van der Waals surface area contributed by atoms with Crippen LogP contribution in [0.1, 0.15) is 52.7 Å². The molecule has 2 rings (SSSR count). The summed E-state index contributed by atoms with van der Waals surface area (Å²) in [5.74, 6) is -2.76. The van der Waals surface area contributed by atoms with E-state index in [0.29, 0.717) is 11.9 Å². The summed E-state index contributed by atoms with van der Waals surface area (Å²) in [5, 5.41) is -5.02. The fourth-order valence-corrected chi connectivity index (χ4v) is 3.98. The van der Waals surface area contributed by atoms with Crippen LogP contribution in [0.5, 0.6) is 0 Å². The Hall–Kier alpha value is -1.88. The minimum Gasteiger partial charge on any atom is -0.459 e. The van der Waals surface area contributed by atoms with E-state index in [1.807, 2.05) is 29.6 Å². The van der Waals surface area contributed by atoms with Crippen LogP contribution in [0.3, 0.4) is 0 Å². The standard InChI is InChI=1S/C18H25B3F2O7S/c19-7-10-5-11(8-20)15(9-21)14(6-10)16(24)29-12-1-3-13(4-2-12)30-17(25)18(22,23)31(26,27)28/h5-6,12-13H,1-4,7-9,19-21H2,(H,26,27,28). The minimum atomic E-state index is -5.91. The molecule has 1 fully saturated rings. The zero-order valence-corrected chi connectivity index (χ0v) is 18.6. The van der Waals surface area contributed by atoms with Crippen LogP contribution in [0.4, 0.5) is 8.78 Å².